The standard InChI is InChI=1S/C22H29F2N5O2S/c1-22(2,3)31-21(30)29-10-9-16(15-7-5-6-8-17(15)29)25-11-14-12-27-20(32-4)28-19(14)26-13-18(23)24/h5-8,12,16,18,25H,9-11,13H2,1-4H3,(H,26,27,28). The molecule has 1 unspecified atom stereocenters. The van der Waals surface area contributed by atoms with E-state index >= 15 is 0 Å². The predicted octanol–water partition coefficient (Wildman–Crippen LogP) is 4.85. The fraction of sp³-hybridized carbons (Fsp3) is 0.500. The van der Waals surface area contributed by atoms with Crippen molar-refractivity contribution < 1.29 is 18.3 Å². The highest BCUT2D eigenvalue weighted by Crippen LogP contribution is 2.35. The van der Waals surface area contributed by atoms with Gasteiger partial charge in [-0.15, -0.1) is 0 Å². The van der Waals surface area contributed by atoms with Crippen LogP contribution in [0.4, 0.5) is 25.1 Å². The minimum atomic E-state index is -2.48. The van der Waals surface area contributed by atoms with E-state index in [0.717, 1.165) is 11.3 Å². The molecular formula is C22H29F2N5O2S. The molecule has 1 aliphatic heterocycles. The number of para-hydroxylation sites is 1. The van der Waals surface area contributed by atoms with Gasteiger partial charge < -0.3 is 15.4 Å². The van der Waals surface area contributed by atoms with Gasteiger partial charge in [0.1, 0.15) is 11.4 Å². The Hall–Kier alpha value is -2.46. The molecule has 2 heterocycles. The van der Waals surface area contributed by atoms with E-state index in [4.69, 9.17) is 4.74 Å². The molecule has 0 radical (unpaired) electrons. The molecule has 1 aliphatic rings. The molecule has 0 saturated heterocycles. The summed E-state index contributed by atoms with van der Waals surface area (Å²) in [5, 5.41) is 6.70. The summed E-state index contributed by atoms with van der Waals surface area (Å²) in [6.45, 7) is 5.95. The van der Waals surface area contributed by atoms with Crippen LogP contribution in [-0.2, 0) is 11.3 Å². The van der Waals surface area contributed by atoms with Crippen molar-refractivity contribution in [2.75, 3.05) is 29.6 Å². The maximum atomic E-state index is 12.7. The summed E-state index contributed by atoms with van der Waals surface area (Å²) in [6, 6.07) is 7.68. The van der Waals surface area contributed by atoms with Crippen molar-refractivity contribution in [2.24, 2.45) is 0 Å². The second kappa shape index (κ2) is 10.4. The Morgan fingerprint density at radius 1 is 1.34 bits per heavy atom. The number of nitrogens with zero attached hydrogens (tertiary/aromatic N) is 3. The number of benzene rings is 1. The summed E-state index contributed by atoms with van der Waals surface area (Å²) in [5.41, 5.74) is 1.91. The number of carbonyl (C=O) groups is 1. The number of aromatic nitrogens is 2. The molecular weight excluding hydrogens is 436 g/mol. The van der Waals surface area contributed by atoms with Gasteiger partial charge in [0.25, 0.3) is 6.43 Å². The van der Waals surface area contributed by atoms with Crippen LogP contribution in [0, 0.1) is 0 Å². The first-order valence-corrected chi connectivity index (χ1v) is 11.6. The van der Waals surface area contributed by atoms with Gasteiger partial charge in [-0.1, -0.05) is 30.0 Å². The molecule has 2 aromatic rings. The van der Waals surface area contributed by atoms with Gasteiger partial charge in [-0.25, -0.2) is 23.5 Å². The zero-order chi connectivity index (χ0) is 23.3. The normalized spacial score (nSPS) is 16.1. The van der Waals surface area contributed by atoms with Gasteiger partial charge in [-0.2, -0.15) is 0 Å². The van der Waals surface area contributed by atoms with Crippen LogP contribution in [0.15, 0.2) is 35.6 Å². The number of halogens is 2. The molecule has 10 heteroatoms. The lowest BCUT2D eigenvalue weighted by Crippen LogP contribution is -2.42. The first kappa shape index (κ1) is 24.2. The summed E-state index contributed by atoms with van der Waals surface area (Å²) in [7, 11) is 0. The summed E-state index contributed by atoms with van der Waals surface area (Å²) >= 11 is 1.35. The number of fused-ring (bicyclic) bond motifs is 1. The van der Waals surface area contributed by atoms with Gasteiger partial charge in [0.2, 0.25) is 0 Å². The van der Waals surface area contributed by atoms with Crippen LogP contribution in [0.1, 0.15) is 44.4 Å². The maximum Gasteiger partial charge on any atom is 0.414 e. The van der Waals surface area contributed by atoms with Crippen molar-refractivity contribution in [2.45, 2.75) is 57.0 Å². The van der Waals surface area contributed by atoms with Gasteiger partial charge >= 0.3 is 6.09 Å². The van der Waals surface area contributed by atoms with Gasteiger partial charge in [-0.05, 0) is 45.1 Å². The molecule has 0 aliphatic carbocycles. The predicted molar refractivity (Wildman–Crippen MR) is 123 cm³/mol. The smallest absolute Gasteiger partial charge is 0.414 e. The number of alkyl halides is 2. The molecule has 7 nitrogen and oxygen atoms in total. The largest absolute Gasteiger partial charge is 0.443 e. The lowest BCUT2D eigenvalue weighted by molar-refractivity contribution is 0.0575. The second-order valence-corrected chi connectivity index (χ2v) is 9.19. The SMILES string of the molecule is CSc1ncc(CNC2CCN(C(=O)OC(C)(C)C)c3ccccc32)c(NCC(F)F)n1. The average Bonchev–Trinajstić information content (AvgIpc) is 2.74. The van der Waals surface area contributed by atoms with E-state index in [0.29, 0.717) is 36.0 Å². The Labute approximate surface area is 191 Å². The molecule has 0 spiro atoms. The number of thioether (sulfide) groups is 1. The molecule has 1 aromatic carbocycles. The van der Waals surface area contributed by atoms with Gasteiger partial charge in [0, 0.05) is 30.9 Å². The number of amides is 1. The number of ether oxygens (including phenoxy) is 1. The maximum absolute atomic E-state index is 12.7. The topological polar surface area (TPSA) is 79.4 Å². The van der Waals surface area contributed by atoms with Crippen molar-refractivity contribution in [3.63, 3.8) is 0 Å². The first-order valence-electron chi connectivity index (χ1n) is 10.4. The van der Waals surface area contributed by atoms with Crippen LogP contribution >= 0.6 is 11.8 Å². The monoisotopic (exact) mass is 465 g/mol. The van der Waals surface area contributed by atoms with Crippen molar-refractivity contribution >= 4 is 29.4 Å². The van der Waals surface area contributed by atoms with Crippen molar-refractivity contribution in [1.82, 2.24) is 15.3 Å². The van der Waals surface area contributed by atoms with Crippen molar-refractivity contribution in [3.8, 4) is 0 Å². The van der Waals surface area contributed by atoms with Crippen LogP contribution in [0.25, 0.3) is 0 Å². The molecule has 2 N–H and O–H groups in total. The highest BCUT2D eigenvalue weighted by atomic mass is 32.2. The molecule has 1 amide bonds. The molecule has 0 saturated carbocycles. The fourth-order valence-electron chi connectivity index (χ4n) is 3.46. The number of carbonyl (C=O) groups excluding carboxylic acids is 1. The van der Waals surface area contributed by atoms with E-state index in [9.17, 15) is 13.6 Å². The summed E-state index contributed by atoms with van der Waals surface area (Å²) < 4.78 is 31.0. The van der Waals surface area contributed by atoms with E-state index in [1.807, 2.05) is 51.3 Å². The highest BCUT2D eigenvalue weighted by Gasteiger charge is 2.31. The number of anilines is 2. The Morgan fingerprint density at radius 2 is 2.09 bits per heavy atom. The van der Waals surface area contributed by atoms with Crippen LogP contribution in [0.3, 0.4) is 0 Å². The summed E-state index contributed by atoms with van der Waals surface area (Å²) in [6.07, 6.45) is 1.32. The Kier molecular flexibility index (Phi) is 7.89. The van der Waals surface area contributed by atoms with Gasteiger partial charge in [0.05, 0.1) is 12.2 Å². The van der Waals surface area contributed by atoms with Gasteiger partial charge in [-0.3, -0.25) is 4.90 Å². The molecule has 32 heavy (non-hydrogen) atoms. The van der Waals surface area contributed by atoms with Crippen molar-refractivity contribution in [1.29, 1.82) is 0 Å². The van der Waals surface area contributed by atoms with Gasteiger partial charge in [0.15, 0.2) is 5.16 Å². The molecule has 1 atom stereocenters. The molecule has 0 fully saturated rings. The number of rotatable bonds is 7. The van der Waals surface area contributed by atoms with Crippen LogP contribution in [0.2, 0.25) is 0 Å². The summed E-state index contributed by atoms with van der Waals surface area (Å²) in [5.74, 6) is 0.400. The minimum absolute atomic E-state index is 0.0203. The zero-order valence-corrected chi connectivity index (χ0v) is 19.5. The lowest BCUT2D eigenvalue weighted by atomic mass is 9.96. The fourth-order valence-corrected chi connectivity index (χ4v) is 3.80. The zero-order valence-electron chi connectivity index (χ0n) is 18.7. The minimum Gasteiger partial charge on any atom is -0.443 e. The molecule has 0 bridgehead atoms. The average molecular weight is 466 g/mol. The van der Waals surface area contributed by atoms with E-state index in [2.05, 4.69) is 20.6 Å². The number of hydrogen-bond acceptors (Lipinski definition) is 7. The van der Waals surface area contributed by atoms with E-state index in [1.54, 1.807) is 11.1 Å². The Bertz CT molecular complexity index is 939. The Balaban J connectivity index is 1.76. The molecule has 3 rings (SSSR count). The molecule has 1 aromatic heterocycles. The second-order valence-electron chi connectivity index (χ2n) is 8.42. The highest BCUT2D eigenvalue weighted by molar-refractivity contribution is 7.98. The third-order valence-electron chi connectivity index (χ3n) is 4.85. The third-order valence-corrected chi connectivity index (χ3v) is 5.41. The number of hydrogen-bond donors (Lipinski definition) is 2. The van der Waals surface area contributed by atoms with Crippen molar-refractivity contribution in [3.05, 3.63) is 41.6 Å². The van der Waals surface area contributed by atoms with Crippen LogP contribution < -0.4 is 15.5 Å². The quantitative estimate of drug-likeness (QED) is 0.447. The lowest BCUT2D eigenvalue weighted by Gasteiger charge is -2.35. The first-order chi connectivity index (χ1) is 15.2. The molecule has 174 valence electrons. The van der Waals surface area contributed by atoms with Crippen LogP contribution in [0.5, 0.6) is 0 Å². The number of nitrogens with one attached hydrogen (secondary N) is 2. The Morgan fingerprint density at radius 3 is 2.78 bits per heavy atom. The van der Waals surface area contributed by atoms with Crippen LogP contribution in [-0.4, -0.2) is 47.4 Å². The van der Waals surface area contributed by atoms with E-state index in [1.165, 1.54) is 11.8 Å². The van der Waals surface area contributed by atoms with E-state index in [-0.39, 0.29) is 12.1 Å². The van der Waals surface area contributed by atoms with E-state index < -0.39 is 18.6 Å². The third kappa shape index (κ3) is 6.29. The summed E-state index contributed by atoms with van der Waals surface area (Å²) in [4.78, 5) is 23.0.